The lowest BCUT2D eigenvalue weighted by Gasteiger charge is -2.27. The molecule has 0 saturated heterocycles. The van der Waals surface area contributed by atoms with Crippen LogP contribution in [0, 0.1) is 11.8 Å². The molecule has 2 saturated carbocycles. The summed E-state index contributed by atoms with van der Waals surface area (Å²) < 4.78 is 0. The standard InChI is InChI=1S/C22H34N2O.CH2O2/c1-23(2)20-13-18-15-21(16-19(18)14-20)24(3)22(25)12-8-7-11-17-9-5-4-6-10-17;2-1-3/h4-6,9-10,18-21H,7-8,11-16H2,1-3H3;1H,(H,2,3)/t18-,19+,20?,21?;. The molecule has 1 aromatic rings. The zero-order chi connectivity index (χ0) is 20.5. The Kier molecular flexibility index (Phi) is 8.97. The van der Waals surface area contributed by atoms with E-state index in [1.165, 1.54) is 31.2 Å². The maximum absolute atomic E-state index is 12.6. The van der Waals surface area contributed by atoms with Crippen LogP contribution in [0.25, 0.3) is 0 Å². The number of benzene rings is 1. The summed E-state index contributed by atoms with van der Waals surface area (Å²) in [7, 11) is 6.44. The van der Waals surface area contributed by atoms with Crippen LogP contribution in [0.5, 0.6) is 0 Å². The second-order valence-electron chi connectivity index (χ2n) is 8.54. The Labute approximate surface area is 169 Å². The van der Waals surface area contributed by atoms with Gasteiger partial charge in [0.1, 0.15) is 0 Å². The van der Waals surface area contributed by atoms with Crippen LogP contribution in [0.15, 0.2) is 30.3 Å². The van der Waals surface area contributed by atoms with Gasteiger partial charge in [0, 0.05) is 25.6 Å². The minimum atomic E-state index is -0.250. The number of unbranched alkanes of at least 4 members (excludes halogenated alkanes) is 1. The average Bonchev–Trinajstić information content (AvgIpc) is 3.25. The highest BCUT2D eigenvalue weighted by atomic mass is 16.3. The van der Waals surface area contributed by atoms with Crippen molar-refractivity contribution in [2.45, 2.75) is 63.5 Å². The van der Waals surface area contributed by atoms with Crippen molar-refractivity contribution in [3.63, 3.8) is 0 Å². The molecule has 0 radical (unpaired) electrons. The van der Waals surface area contributed by atoms with E-state index in [0.29, 0.717) is 18.4 Å². The molecule has 2 unspecified atom stereocenters. The second kappa shape index (κ2) is 11.2. The van der Waals surface area contributed by atoms with Crippen molar-refractivity contribution in [3.8, 4) is 0 Å². The van der Waals surface area contributed by atoms with Crippen molar-refractivity contribution in [2.24, 2.45) is 11.8 Å². The second-order valence-corrected chi connectivity index (χ2v) is 8.54. The summed E-state index contributed by atoms with van der Waals surface area (Å²) in [6.45, 7) is -0.250. The molecule has 28 heavy (non-hydrogen) atoms. The van der Waals surface area contributed by atoms with Gasteiger partial charge in [0.2, 0.25) is 5.91 Å². The summed E-state index contributed by atoms with van der Waals surface area (Å²) in [4.78, 5) is 25.4. The predicted molar refractivity (Wildman–Crippen MR) is 112 cm³/mol. The van der Waals surface area contributed by atoms with Gasteiger partial charge >= 0.3 is 0 Å². The number of fused-ring (bicyclic) bond motifs is 1. The zero-order valence-electron chi connectivity index (χ0n) is 17.6. The molecule has 0 bridgehead atoms. The summed E-state index contributed by atoms with van der Waals surface area (Å²) >= 11 is 0. The van der Waals surface area contributed by atoms with Gasteiger partial charge in [-0.2, -0.15) is 0 Å². The Morgan fingerprint density at radius 3 is 2.07 bits per heavy atom. The number of hydrogen-bond acceptors (Lipinski definition) is 3. The smallest absolute Gasteiger partial charge is 0.290 e. The van der Waals surface area contributed by atoms with E-state index in [2.05, 4.69) is 54.2 Å². The van der Waals surface area contributed by atoms with Crippen LogP contribution < -0.4 is 0 Å². The molecule has 2 fully saturated rings. The highest BCUT2D eigenvalue weighted by molar-refractivity contribution is 5.76. The number of nitrogens with zero attached hydrogens (tertiary/aromatic N) is 2. The monoisotopic (exact) mass is 388 g/mol. The third kappa shape index (κ3) is 6.33. The number of hydrogen-bond donors (Lipinski definition) is 1. The first-order chi connectivity index (χ1) is 13.5. The van der Waals surface area contributed by atoms with Gasteiger partial charge in [-0.25, -0.2) is 0 Å². The molecule has 4 atom stereocenters. The molecule has 0 aromatic heterocycles. The van der Waals surface area contributed by atoms with E-state index in [0.717, 1.165) is 37.1 Å². The van der Waals surface area contributed by atoms with Gasteiger partial charge in [-0.05, 0) is 76.4 Å². The quantitative estimate of drug-likeness (QED) is 0.572. The molecule has 0 heterocycles. The van der Waals surface area contributed by atoms with E-state index in [9.17, 15) is 4.79 Å². The Balaban J connectivity index is 0.000000878. The lowest BCUT2D eigenvalue weighted by Crippen LogP contribution is -2.36. The summed E-state index contributed by atoms with van der Waals surface area (Å²) in [5.74, 6) is 2.03. The van der Waals surface area contributed by atoms with Crippen LogP contribution in [0.4, 0.5) is 0 Å². The molecule has 1 aromatic carbocycles. The summed E-state index contributed by atoms with van der Waals surface area (Å²) in [5, 5.41) is 6.89. The predicted octanol–water partition coefficient (Wildman–Crippen LogP) is 3.68. The van der Waals surface area contributed by atoms with Crippen LogP contribution in [-0.2, 0) is 16.0 Å². The first-order valence-electron chi connectivity index (χ1n) is 10.5. The Hall–Kier alpha value is -1.88. The van der Waals surface area contributed by atoms with Gasteiger partial charge in [0.05, 0.1) is 0 Å². The van der Waals surface area contributed by atoms with Crippen molar-refractivity contribution >= 4 is 12.4 Å². The number of rotatable bonds is 7. The Morgan fingerprint density at radius 1 is 1.00 bits per heavy atom. The van der Waals surface area contributed by atoms with Crippen LogP contribution >= 0.6 is 0 Å². The molecule has 1 N–H and O–H groups in total. The summed E-state index contributed by atoms with van der Waals surface area (Å²) in [6.07, 6.45) is 8.99. The molecule has 0 spiro atoms. The molecule has 5 nitrogen and oxygen atoms in total. The third-order valence-corrected chi connectivity index (χ3v) is 6.59. The number of carboxylic acid groups (broad SMARTS) is 1. The van der Waals surface area contributed by atoms with Crippen molar-refractivity contribution in [2.75, 3.05) is 21.1 Å². The first kappa shape index (κ1) is 22.4. The minimum Gasteiger partial charge on any atom is -0.483 e. The zero-order valence-corrected chi connectivity index (χ0v) is 17.6. The normalized spacial score (nSPS) is 25.7. The molecule has 2 aliphatic rings. The SMILES string of the molecule is CN(C)C1C[C@@H]2CC(N(C)C(=O)CCCCc3ccccc3)C[C@@H]2C1.O=CO. The molecule has 156 valence electrons. The largest absolute Gasteiger partial charge is 0.483 e. The number of carbonyl (C=O) groups excluding carboxylic acids is 1. The van der Waals surface area contributed by atoms with Crippen LogP contribution in [0.2, 0.25) is 0 Å². The molecule has 0 aliphatic heterocycles. The fraction of sp³-hybridized carbons (Fsp3) is 0.652. The maximum atomic E-state index is 12.6. The lowest BCUT2D eigenvalue weighted by molar-refractivity contribution is -0.132. The third-order valence-electron chi connectivity index (χ3n) is 6.59. The number of carbonyl (C=O) groups is 2. The van der Waals surface area contributed by atoms with Gasteiger partial charge in [-0.15, -0.1) is 0 Å². The van der Waals surface area contributed by atoms with Crippen molar-refractivity contribution in [1.29, 1.82) is 0 Å². The van der Waals surface area contributed by atoms with E-state index in [-0.39, 0.29) is 6.47 Å². The molecule has 5 heteroatoms. The van der Waals surface area contributed by atoms with Crippen LogP contribution in [0.3, 0.4) is 0 Å². The highest BCUT2D eigenvalue weighted by Crippen LogP contribution is 2.46. The van der Waals surface area contributed by atoms with Crippen molar-refractivity contribution in [3.05, 3.63) is 35.9 Å². The van der Waals surface area contributed by atoms with Gasteiger partial charge in [0.15, 0.2) is 0 Å². The van der Waals surface area contributed by atoms with E-state index in [1.54, 1.807) is 0 Å². The molecule has 2 aliphatic carbocycles. The molecule has 3 rings (SSSR count). The molecular weight excluding hydrogens is 352 g/mol. The van der Waals surface area contributed by atoms with Crippen molar-refractivity contribution < 1.29 is 14.7 Å². The lowest BCUT2D eigenvalue weighted by atomic mass is 10.0. The van der Waals surface area contributed by atoms with Gasteiger partial charge < -0.3 is 14.9 Å². The topological polar surface area (TPSA) is 60.9 Å². The number of aryl methyl sites for hydroxylation is 1. The van der Waals surface area contributed by atoms with Crippen LogP contribution in [-0.4, -0.2) is 60.5 Å². The van der Waals surface area contributed by atoms with Crippen molar-refractivity contribution in [1.82, 2.24) is 9.80 Å². The summed E-state index contributed by atoms with van der Waals surface area (Å²) in [6, 6.07) is 11.8. The Bertz CT molecular complexity index is 591. The molecular formula is C23H36N2O3. The minimum absolute atomic E-state index is 0.250. The van der Waals surface area contributed by atoms with Crippen LogP contribution in [0.1, 0.15) is 50.5 Å². The Morgan fingerprint density at radius 2 is 1.54 bits per heavy atom. The summed E-state index contributed by atoms with van der Waals surface area (Å²) in [5.41, 5.74) is 1.38. The van der Waals surface area contributed by atoms with E-state index in [1.807, 2.05) is 7.05 Å². The molecule has 1 amide bonds. The first-order valence-corrected chi connectivity index (χ1v) is 10.5. The van der Waals surface area contributed by atoms with Gasteiger partial charge in [-0.3, -0.25) is 9.59 Å². The highest BCUT2D eigenvalue weighted by Gasteiger charge is 2.43. The fourth-order valence-corrected chi connectivity index (χ4v) is 4.92. The maximum Gasteiger partial charge on any atom is 0.290 e. The van der Waals surface area contributed by atoms with Gasteiger partial charge in [0.25, 0.3) is 6.47 Å². The van der Waals surface area contributed by atoms with E-state index < -0.39 is 0 Å². The van der Waals surface area contributed by atoms with E-state index in [4.69, 9.17) is 9.90 Å². The average molecular weight is 389 g/mol. The fourth-order valence-electron chi connectivity index (χ4n) is 4.92. The van der Waals surface area contributed by atoms with Gasteiger partial charge in [-0.1, -0.05) is 30.3 Å². The van der Waals surface area contributed by atoms with E-state index >= 15 is 0 Å². The number of amides is 1.